The summed E-state index contributed by atoms with van der Waals surface area (Å²) in [6.07, 6.45) is 8.41. The highest BCUT2D eigenvalue weighted by atomic mass is 32.1. The van der Waals surface area contributed by atoms with Gasteiger partial charge in [0.2, 0.25) is 0 Å². The van der Waals surface area contributed by atoms with Crippen LogP contribution in [0.4, 0.5) is 0 Å². The van der Waals surface area contributed by atoms with E-state index in [1.54, 1.807) is 6.20 Å². The quantitative estimate of drug-likeness (QED) is 0.416. The van der Waals surface area contributed by atoms with E-state index in [1.165, 1.54) is 11.3 Å². The number of H-pyrrole nitrogens is 1. The number of nitrogens with one attached hydrogen (secondary N) is 1. The number of nitrogens with zero attached hydrogens (tertiary/aromatic N) is 4. The Kier molecular flexibility index (Phi) is 4.61. The lowest BCUT2D eigenvalue weighted by Gasteiger charge is -2.16. The van der Waals surface area contributed by atoms with Crippen LogP contribution in [0.1, 0.15) is 22.1 Å². The van der Waals surface area contributed by atoms with Crippen LogP contribution in [0.25, 0.3) is 32.7 Å². The Morgan fingerprint density at radius 3 is 2.84 bits per heavy atom. The van der Waals surface area contributed by atoms with E-state index >= 15 is 0 Å². The summed E-state index contributed by atoms with van der Waals surface area (Å²) >= 11 is 1.53. The number of hydrogen-bond donors (Lipinski definition) is 1. The fraction of sp³-hybridized carbons (Fsp3) is 0.160. The summed E-state index contributed by atoms with van der Waals surface area (Å²) in [5.41, 5.74) is 4.07. The molecule has 32 heavy (non-hydrogen) atoms. The third kappa shape index (κ3) is 3.40. The van der Waals surface area contributed by atoms with Gasteiger partial charge < -0.3 is 14.5 Å². The van der Waals surface area contributed by atoms with Crippen molar-refractivity contribution in [1.82, 2.24) is 24.4 Å². The van der Waals surface area contributed by atoms with Gasteiger partial charge in [0.15, 0.2) is 0 Å². The van der Waals surface area contributed by atoms with Crippen LogP contribution in [-0.4, -0.2) is 43.4 Å². The summed E-state index contributed by atoms with van der Waals surface area (Å²) < 4.78 is 2.09. The molecule has 0 aliphatic carbocycles. The highest BCUT2D eigenvalue weighted by Crippen LogP contribution is 2.32. The van der Waals surface area contributed by atoms with Crippen molar-refractivity contribution in [1.29, 1.82) is 0 Å². The zero-order valence-corrected chi connectivity index (χ0v) is 18.1. The minimum atomic E-state index is 0.103. The van der Waals surface area contributed by atoms with Gasteiger partial charge in [-0.2, -0.15) is 0 Å². The van der Waals surface area contributed by atoms with Crippen molar-refractivity contribution in [2.45, 2.75) is 12.5 Å². The minimum absolute atomic E-state index is 0.103. The van der Waals surface area contributed by atoms with Gasteiger partial charge in [0.1, 0.15) is 5.65 Å². The number of carbonyl (C=O) groups is 1. The van der Waals surface area contributed by atoms with Gasteiger partial charge in [-0.05, 0) is 36.2 Å². The Balaban J connectivity index is 1.23. The van der Waals surface area contributed by atoms with Crippen LogP contribution >= 0.6 is 11.3 Å². The Labute approximate surface area is 189 Å². The van der Waals surface area contributed by atoms with Crippen molar-refractivity contribution in [3.63, 3.8) is 0 Å². The number of imidazole rings is 1. The number of likely N-dealkylation sites (tertiary alicyclic amines) is 1. The molecule has 1 atom stereocenters. The number of amides is 1. The molecule has 6 rings (SSSR count). The molecule has 1 N–H and O–H groups in total. The van der Waals surface area contributed by atoms with E-state index < -0.39 is 0 Å². The topological polar surface area (TPSA) is 66.8 Å². The van der Waals surface area contributed by atoms with E-state index in [9.17, 15) is 4.79 Å². The molecule has 1 fully saturated rings. The molecule has 5 aromatic rings. The first-order valence-electron chi connectivity index (χ1n) is 10.7. The van der Waals surface area contributed by atoms with Crippen molar-refractivity contribution in [3.8, 4) is 21.7 Å². The summed E-state index contributed by atoms with van der Waals surface area (Å²) in [6.45, 7) is 1.50. The molecule has 1 unspecified atom stereocenters. The molecule has 0 spiro atoms. The molecule has 0 bridgehead atoms. The second kappa shape index (κ2) is 7.76. The van der Waals surface area contributed by atoms with E-state index in [0.717, 1.165) is 57.1 Å². The number of aromatic nitrogens is 4. The summed E-state index contributed by atoms with van der Waals surface area (Å²) in [7, 11) is 0. The molecule has 158 valence electrons. The number of rotatable bonds is 4. The SMILES string of the molecule is O=C(c1ccc(-c2cnc3[nH]c(-c4ccccc4)cc3c2)s1)N1CCC(n2ccnc2)C1. The van der Waals surface area contributed by atoms with E-state index in [1.807, 2.05) is 54.0 Å². The minimum Gasteiger partial charge on any atom is -0.339 e. The second-order valence-corrected chi connectivity index (χ2v) is 9.16. The van der Waals surface area contributed by atoms with Crippen LogP contribution in [0.15, 0.2) is 79.5 Å². The van der Waals surface area contributed by atoms with Crippen LogP contribution in [0, 0.1) is 0 Å². The Hall–Kier alpha value is -3.71. The van der Waals surface area contributed by atoms with E-state index in [2.05, 4.69) is 43.8 Å². The zero-order chi connectivity index (χ0) is 21.5. The van der Waals surface area contributed by atoms with Crippen LogP contribution in [0.3, 0.4) is 0 Å². The van der Waals surface area contributed by atoms with Crippen molar-refractivity contribution >= 4 is 28.3 Å². The number of benzene rings is 1. The highest BCUT2D eigenvalue weighted by Gasteiger charge is 2.28. The third-order valence-corrected chi connectivity index (χ3v) is 7.18. The van der Waals surface area contributed by atoms with Gasteiger partial charge in [-0.1, -0.05) is 30.3 Å². The lowest BCUT2D eigenvalue weighted by Crippen LogP contribution is -2.28. The number of hydrogen-bond acceptors (Lipinski definition) is 4. The molecule has 1 saturated heterocycles. The average Bonchev–Trinajstić information content (AvgIpc) is 3.63. The van der Waals surface area contributed by atoms with E-state index in [-0.39, 0.29) is 5.91 Å². The molecule has 7 heteroatoms. The monoisotopic (exact) mass is 439 g/mol. The molecule has 6 nitrogen and oxygen atoms in total. The van der Waals surface area contributed by atoms with Gasteiger partial charge in [-0.15, -0.1) is 11.3 Å². The second-order valence-electron chi connectivity index (χ2n) is 8.08. The first-order chi connectivity index (χ1) is 15.7. The Morgan fingerprint density at radius 2 is 2.00 bits per heavy atom. The summed E-state index contributed by atoms with van der Waals surface area (Å²) in [5, 5.41) is 1.06. The molecular weight excluding hydrogens is 418 g/mol. The summed E-state index contributed by atoms with van der Waals surface area (Å²) in [4.78, 5) is 29.0. The predicted octanol–water partition coefficient (Wildman–Crippen LogP) is 5.24. The molecule has 1 aromatic carbocycles. The maximum absolute atomic E-state index is 13.1. The molecule has 1 aliphatic rings. The van der Waals surface area contributed by atoms with Crippen molar-refractivity contribution < 1.29 is 4.79 Å². The fourth-order valence-corrected chi connectivity index (χ4v) is 5.30. The summed E-state index contributed by atoms with van der Waals surface area (Å²) in [6, 6.07) is 18.8. The molecule has 4 aromatic heterocycles. The average molecular weight is 440 g/mol. The van der Waals surface area contributed by atoms with Crippen LogP contribution < -0.4 is 0 Å². The predicted molar refractivity (Wildman–Crippen MR) is 127 cm³/mol. The summed E-state index contributed by atoms with van der Waals surface area (Å²) in [5.74, 6) is 0.103. The molecule has 1 amide bonds. The molecule has 1 aliphatic heterocycles. The van der Waals surface area contributed by atoms with E-state index in [4.69, 9.17) is 0 Å². The molecule has 0 radical (unpaired) electrons. The van der Waals surface area contributed by atoms with Gasteiger partial charge in [-0.3, -0.25) is 4.79 Å². The first kappa shape index (κ1) is 19.0. The fourth-order valence-electron chi connectivity index (χ4n) is 4.34. The Morgan fingerprint density at radius 1 is 1.09 bits per heavy atom. The van der Waals surface area contributed by atoms with Gasteiger partial charge in [0, 0.05) is 53.2 Å². The van der Waals surface area contributed by atoms with Crippen molar-refractivity contribution in [3.05, 3.63) is 84.4 Å². The van der Waals surface area contributed by atoms with Crippen LogP contribution in [0.2, 0.25) is 0 Å². The zero-order valence-electron chi connectivity index (χ0n) is 17.3. The molecule has 0 saturated carbocycles. The number of thiophene rings is 1. The highest BCUT2D eigenvalue weighted by molar-refractivity contribution is 7.17. The smallest absolute Gasteiger partial charge is 0.264 e. The molecule has 5 heterocycles. The Bertz CT molecular complexity index is 1390. The maximum Gasteiger partial charge on any atom is 0.264 e. The van der Waals surface area contributed by atoms with Gasteiger partial charge in [0.05, 0.1) is 17.2 Å². The third-order valence-electron chi connectivity index (χ3n) is 6.05. The number of pyridine rings is 1. The number of carbonyl (C=O) groups excluding carboxylic acids is 1. The van der Waals surface area contributed by atoms with E-state index in [0.29, 0.717) is 6.04 Å². The first-order valence-corrected chi connectivity index (χ1v) is 11.5. The van der Waals surface area contributed by atoms with Crippen LogP contribution in [-0.2, 0) is 0 Å². The lowest BCUT2D eigenvalue weighted by atomic mass is 10.1. The van der Waals surface area contributed by atoms with Gasteiger partial charge in [-0.25, -0.2) is 9.97 Å². The number of aromatic amines is 1. The lowest BCUT2D eigenvalue weighted by molar-refractivity contribution is 0.0792. The van der Waals surface area contributed by atoms with Gasteiger partial charge in [0.25, 0.3) is 5.91 Å². The maximum atomic E-state index is 13.1. The largest absolute Gasteiger partial charge is 0.339 e. The van der Waals surface area contributed by atoms with Crippen molar-refractivity contribution in [2.24, 2.45) is 0 Å². The normalized spacial score (nSPS) is 16.1. The standard InChI is InChI=1S/C25H21N5OS/c31-25(29-10-8-20(15-29)30-11-9-26-16-30)23-7-6-22(32-23)19-12-18-13-21(28-24(18)27-14-19)17-4-2-1-3-5-17/h1-7,9,11-14,16,20H,8,10,15H2,(H,27,28). The van der Waals surface area contributed by atoms with Crippen molar-refractivity contribution in [2.75, 3.05) is 13.1 Å². The van der Waals surface area contributed by atoms with Crippen LogP contribution in [0.5, 0.6) is 0 Å². The number of fused-ring (bicyclic) bond motifs is 1. The molecular formula is C25H21N5OS. The van der Waals surface area contributed by atoms with Gasteiger partial charge >= 0.3 is 0 Å².